The van der Waals surface area contributed by atoms with Crippen LogP contribution in [0.3, 0.4) is 0 Å². The summed E-state index contributed by atoms with van der Waals surface area (Å²) in [6, 6.07) is 9.70. The fraction of sp³-hybridized carbons (Fsp3) is 0.222. The SMILES string of the molecule is CC(Cc1ccc(F)cc1)C(=O)NCC(=O)Nc1ccc(F)c(Cl)c1. The first kappa shape index (κ1) is 18.9. The molecule has 1 unspecified atom stereocenters. The molecule has 0 radical (unpaired) electrons. The predicted octanol–water partition coefficient (Wildman–Crippen LogP) is 3.55. The van der Waals surface area contributed by atoms with Crippen LogP contribution in [-0.4, -0.2) is 18.4 Å². The molecule has 4 nitrogen and oxygen atoms in total. The van der Waals surface area contributed by atoms with Crippen LogP contribution in [-0.2, 0) is 16.0 Å². The van der Waals surface area contributed by atoms with Crippen molar-refractivity contribution in [2.75, 3.05) is 11.9 Å². The summed E-state index contributed by atoms with van der Waals surface area (Å²) in [7, 11) is 0. The van der Waals surface area contributed by atoms with E-state index in [1.807, 2.05) is 0 Å². The van der Waals surface area contributed by atoms with Crippen molar-refractivity contribution in [3.63, 3.8) is 0 Å². The van der Waals surface area contributed by atoms with Gasteiger partial charge in [-0.1, -0.05) is 30.7 Å². The largest absolute Gasteiger partial charge is 0.347 e. The van der Waals surface area contributed by atoms with Crippen LogP contribution in [0.2, 0.25) is 5.02 Å². The summed E-state index contributed by atoms with van der Waals surface area (Å²) < 4.78 is 25.9. The molecule has 0 bridgehead atoms. The number of rotatable bonds is 6. The summed E-state index contributed by atoms with van der Waals surface area (Å²) >= 11 is 5.63. The van der Waals surface area contributed by atoms with E-state index in [-0.39, 0.29) is 29.2 Å². The van der Waals surface area contributed by atoms with Crippen molar-refractivity contribution in [2.24, 2.45) is 5.92 Å². The minimum atomic E-state index is -0.581. The van der Waals surface area contributed by atoms with Gasteiger partial charge in [0.2, 0.25) is 11.8 Å². The van der Waals surface area contributed by atoms with Gasteiger partial charge in [0.15, 0.2) is 0 Å². The van der Waals surface area contributed by atoms with Crippen LogP contribution in [0.4, 0.5) is 14.5 Å². The Labute approximate surface area is 149 Å². The molecule has 1 atom stereocenters. The molecule has 2 rings (SSSR count). The molecular formula is C18H17ClF2N2O2. The van der Waals surface area contributed by atoms with Crippen molar-refractivity contribution in [1.82, 2.24) is 5.32 Å². The molecule has 0 spiro atoms. The average molecular weight is 367 g/mol. The van der Waals surface area contributed by atoms with Crippen molar-refractivity contribution in [3.05, 3.63) is 64.7 Å². The van der Waals surface area contributed by atoms with E-state index in [4.69, 9.17) is 11.6 Å². The molecule has 2 aromatic carbocycles. The number of amides is 2. The van der Waals surface area contributed by atoms with E-state index >= 15 is 0 Å². The van der Waals surface area contributed by atoms with E-state index < -0.39 is 11.7 Å². The number of carbonyl (C=O) groups is 2. The van der Waals surface area contributed by atoms with Gasteiger partial charge in [-0.15, -0.1) is 0 Å². The standard InChI is InChI=1S/C18H17ClF2N2O2/c1-11(8-12-2-4-13(20)5-3-12)18(25)22-10-17(24)23-14-6-7-16(21)15(19)9-14/h2-7,9,11H,8,10H2,1H3,(H,22,25)(H,23,24). The third-order valence-electron chi connectivity index (χ3n) is 3.53. The van der Waals surface area contributed by atoms with Crippen LogP contribution in [0.5, 0.6) is 0 Å². The first-order valence-corrected chi connectivity index (χ1v) is 8.00. The minimum absolute atomic E-state index is 0.102. The Hall–Kier alpha value is -2.47. The summed E-state index contributed by atoms with van der Waals surface area (Å²) in [5.41, 5.74) is 1.17. The second-order valence-electron chi connectivity index (χ2n) is 5.63. The van der Waals surface area contributed by atoms with Gasteiger partial charge in [-0.3, -0.25) is 9.59 Å². The van der Waals surface area contributed by atoms with Gasteiger partial charge in [0.05, 0.1) is 11.6 Å². The van der Waals surface area contributed by atoms with E-state index in [9.17, 15) is 18.4 Å². The summed E-state index contributed by atoms with van der Waals surface area (Å²) in [5, 5.41) is 4.94. The second kappa shape index (κ2) is 8.58. The topological polar surface area (TPSA) is 58.2 Å². The zero-order chi connectivity index (χ0) is 18.4. The van der Waals surface area contributed by atoms with E-state index in [0.29, 0.717) is 12.1 Å². The predicted molar refractivity (Wildman–Crippen MR) is 92.3 cm³/mol. The number of nitrogens with one attached hydrogen (secondary N) is 2. The molecule has 0 aliphatic heterocycles. The fourth-order valence-electron chi connectivity index (χ4n) is 2.19. The minimum Gasteiger partial charge on any atom is -0.347 e. The normalized spacial score (nSPS) is 11.7. The molecule has 0 aromatic heterocycles. The van der Waals surface area contributed by atoms with Crippen LogP contribution in [0.1, 0.15) is 12.5 Å². The van der Waals surface area contributed by atoms with Gasteiger partial charge in [-0.25, -0.2) is 8.78 Å². The van der Waals surface area contributed by atoms with Crippen molar-refractivity contribution < 1.29 is 18.4 Å². The maximum atomic E-state index is 13.1. The maximum Gasteiger partial charge on any atom is 0.243 e. The fourth-order valence-corrected chi connectivity index (χ4v) is 2.37. The lowest BCUT2D eigenvalue weighted by molar-refractivity contribution is -0.126. The molecule has 0 aliphatic carbocycles. The zero-order valence-electron chi connectivity index (χ0n) is 13.5. The zero-order valence-corrected chi connectivity index (χ0v) is 14.2. The third-order valence-corrected chi connectivity index (χ3v) is 3.82. The maximum absolute atomic E-state index is 13.1. The lowest BCUT2D eigenvalue weighted by Gasteiger charge is -2.12. The van der Waals surface area contributed by atoms with E-state index in [1.165, 1.54) is 24.3 Å². The van der Waals surface area contributed by atoms with Crippen LogP contribution in [0.15, 0.2) is 42.5 Å². The Morgan fingerprint density at radius 1 is 1.12 bits per heavy atom. The number of benzene rings is 2. The molecule has 0 heterocycles. The quantitative estimate of drug-likeness (QED) is 0.821. The van der Waals surface area contributed by atoms with Crippen molar-refractivity contribution >= 4 is 29.1 Å². The van der Waals surface area contributed by atoms with Crippen molar-refractivity contribution in [3.8, 4) is 0 Å². The van der Waals surface area contributed by atoms with Crippen molar-refractivity contribution in [2.45, 2.75) is 13.3 Å². The molecule has 0 saturated carbocycles. The number of hydrogen-bond donors (Lipinski definition) is 2. The highest BCUT2D eigenvalue weighted by Crippen LogP contribution is 2.19. The second-order valence-corrected chi connectivity index (χ2v) is 6.03. The van der Waals surface area contributed by atoms with E-state index in [0.717, 1.165) is 11.6 Å². The van der Waals surface area contributed by atoms with Crippen LogP contribution in [0, 0.1) is 17.6 Å². The smallest absolute Gasteiger partial charge is 0.243 e. The number of carbonyl (C=O) groups excluding carboxylic acids is 2. The van der Waals surface area contributed by atoms with Gasteiger partial charge in [-0.05, 0) is 42.3 Å². The highest BCUT2D eigenvalue weighted by molar-refractivity contribution is 6.31. The molecular weight excluding hydrogens is 350 g/mol. The Morgan fingerprint density at radius 2 is 1.80 bits per heavy atom. The van der Waals surface area contributed by atoms with Crippen LogP contribution in [0.25, 0.3) is 0 Å². The monoisotopic (exact) mass is 366 g/mol. The van der Waals surface area contributed by atoms with Gasteiger partial charge >= 0.3 is 0 Å². The lowest BCUT2D eigenvalue weighted by Crippen LogP contribution is -2.36. The molecule has 7 heteroatoms. The number of anilines is 1. The van der Waals surface area contributed by atoms with Crippen LogP contribution >= 0.6 is 11.6 Å². The first-order valence-electron chi connectivity index (χ1n) is 7.62. The van der Waals surface area contributed by atoms with E-state index in [1.54, 1.807) is 19.1 Å². The molecule has 25 heavy (non-hydrogen) atoms. The molecule has 2 amide bonds. The molecule has 2 aromatic rings. The summed E-state index contributed by atoms with van der Waals surface area (Å²) in [4.78, 5) is 23.9. The highest BCUT2D eigenvalue weighted by atomic mass is 35.5. The summed E-state index contributed by atoms with van der Waals surface area (Å²) in [6.45, 7) is 1.50. The first-order chi connectivity index (χ1) is 11.8. The number of hydrogen-bond acceptors (Lipinski definition) is 2. The molecule has 0 fully saturated rings. The Morgan fingerprint density at radius 3 is 2.44 bits per heavy atom. The highest BCUT2D eigenvalue weighted by Gasteiger charge is 2.15. The average Bonchev–Trinajstić information content (AvgIpc) is 2.58. The Balaban J connectivity index is 1.80. The van der Waals surface area contributed by atoms with Gasteiger partial charge in [0.25, 0.3) is 0 Å². The summed E-state index contributed by atoms with van der Waals surface area (Å²) in [6.07, 6.45) is 0.432. The molecule has 0 saturated heterocycles. The Kier molecular flexibility index (Phi) is 6.47. The van der Waals surface area contributed by atoms with E-state index in [2.05, 4.69) is 10.6 Å². The van der Waals surface area contributed by atoms with Crippen LogP contribution < -0.4 is 10.6 Å². The third kappa shape index (κ3) is 5.83. The molecule has 0 aliphatic rings. The number of halogens is 3. The van der Waals surface area contributed by atoms with Crippen molar-refractivity contribution in [1.29, 1.82) is 0 Å². The Bertz CT molecular complexity index is 766. The van der Waals surface area contributed by atoms with Gasteiger partial charge in [-0.2, -0.15) is 0 Å². The van der Waals surface area contributed by atoms with Gasteiger partial charge in [0.1, 0.15) is 11.6 Å². The summed E-state index contributed by atoms with van der Waals surface area (Å²) in [5.74, 6) is -2.04. The lowest BCUT2D eigenvalue weighted by atomic mass is 10.0. The van der Waals surface area contributed by atoms with Gasteiger partial charge in [0, 0.05) is 11.6 Å². The molecule has 132 valence electrons. The van der Waals surface area contributed by atoms with Gasteiger partial charge < -0.3 is 10.6 Å². The molecule has 2 N–H and O–H groups in total.